The van der Waals surface area contributed by atoms with Crippen molar-refractivity contribution in [3.8, 4) is 5.75 Å². The van der Waals surface area contributed by atoms with E-state index in [1.165, 1.54) is 4.31 Å². The van der Waals surface area contributed by atoms with Crippen molar-refractivity contribution in [1.82, 2.24) is 5.32 Å². The Bertz CT molecular complexity index is 971. The van der Waals surface area contributed by atoms with Gasteiger partial charge in [-0.25, -0.2) is 8.42 Å². The number of nitrogens with zero attached hydrogens (tertiary/aromatic N) is 1. The van der Waals surface area contributed by atoms with E-state index in [0.29, 0.717) is 30.1 Å². The minimum Gasteiger partial charge on any atom is -0.497 e. The summed E-state index contributed by atoms with van der Waals surface area (Å²) in [4.78, 5) is 13.0. The van der Waals surface area contributed by atoms with Gasteiger partial charge in [0.05, 0.1) is 24.6 Å². The van der Waals surface area contributed by atoms with Crippen molar-refractivity contribution in [2.45, 2.75) is 39.2 Å². The third-order valence-corrected chi connectivity index (χ3v) is 7.15. The Morgan fingerprint density at radius 1 is 1.13 bits per heavy atom. The molecule has 1 unspecified atom stereocenters. The standard InChI is InChI=1S/C23H30N2O4S/c1-17(2)15-22(18-9-11-21(29-3)12-10-18)24-23(26)19-7-6-8-20(16-19)25-13-4-5-14-30(25,27)28/h6-12,16-17,22H,4-5,13-15H2,1-3H3,(H,24,26). The van der Waals surface area contributed by atoms with E-state index in [-0.39, 0.29) is 17.7 Å². The summed E-state index contributed by atoms with van der Waals surface area (Å²) < 4.78 is 31.5. The highest BCUT2D eigenvalue weighted by molar-refractivity contribution is 7.92. The van der Waals surface area contributed by atoms with E-state index >= 15 is 0 Å². The quantitative estimate of drug-likeness (QED) is 0.716. The lowest BCUT2D eigenvalue weighted by Gasteiger charge is -2.28. The summed E-state index contributed by atoms with van der Waals surface area (Å²) in [6.07, 6.45) is 2.29. The second-order valence-electron chi connectivity index (χ2n) is 8.07. The van der Waals surface area contributed by atoms with Crippen molar-refractivity contribution < 1.29 is 17.9 Å². The molecular weight excluding hydrogens is 400 g/mol. The molecule has 30 heavy (non-hydrogen) atoms. The fraction of sp³-hybridized carbons (Fsp3) is 0.435. The van der Waals surface area contributed by atoms with Crippen LogP contribution in [0, 0.1) is 5.92 Å². The van der Waals surface area contributed by atoms with Crippen molar-refractivity contribution in [2.75, 3.05) is 23.7 Å². The highest BCUT2D eigenvalue weighted by Gasteiger charge is 2.26. The molecule has 6 nitrogen and oxygen atoms in total. The highest BCUT2D eigenvalue weighted by Crippen LogP contribution is 2.26. The Labute approximate surface area is 179 Å². The average molecular weight is 431 g/mol. The van der Waals surface area contributed by atoms with Gasteiger partial charge in [-0.2, -0.15) is 0 Å². The molecule has 1 aliphatic heterocycles. The molecule has 0 spiro atoms. The Morgan fingerprint density at radius 3 is 2.50 bits per heavy atom. The molecular formula is C23H30N2O4S. The van der Waals surface area contributed by atoms with Gasteiger partial charge in [0.2, 0.25) is 10.0 Å². The number of anilines is 1. The molecule has 0 saturated carbocycles. The van der Waals surface area contributed by atoms with Gasteiger partial charge in [-0.15, -0.1) is 0 Å². The highest BCUT2D eigenvalue weighted by atomic mass is 32.2. The van der Waals surface area contributed by atoms with E-state index in [1.54, 1.807) is 31.4 Å². The van der Waals surface area contributed by atoms with Gasteiger partial charge >= 0.3 is 0 Å². The van der Waals surface area contributed by atoms with Gasteiger partial charge in [-0.05, 0) is 61.1 Å². The summed E-state index contributed by atoms with van der Waals surface area (Å²) in [5, 5.41) is 3.12. The molecule has 2 aromatic carbocycles. The van der Waals surface area contributed by atoms with Gasteiger partial charge < -0.3 is 10.1 Å². The Morgan fingerprint density at radius 2 is 1.87 bits per heavy atom. The van der Waals surface area contributed by atoms with E-state index in [2.05, 4.69) is 19.2 Å². The smallest absolute Gasteiger partial charge is 0.251 e. The van der Waals surface area contributed by atoms with E-state index in [4.69, 9.17) is 4.74 Å². The number of nitrogens with one attached hydrogen (secondary N) is 1. The molecule has 1 heterocycles. The number of hydrogen-bond acceptors (Lipinski definition) is 4. The predicted molar refractivity (Wildman–Crippen MR) is 119 cm³/mol. The minimum absolute atomic E-state index is 0.147. The molecule has 1 aliphatic rings. The summed E-state index contributed by atoms with van der Waals surface area (Å²) in [7, 11) is -1.69. The van der Waals surface area contributed by atoms with Gasteiger partial charge in [0.15, 0.2) is 0 Å². The fourth-order valence-corrected chi connectivity index (χ4v) is 5.34. The van der Waals surface area contributed by atoms with Crippen LogP contribution < -0.4 is 14.4 Å². The lowest BCUT2D eigenvalue weighted by Crippen LogP contribution is -2.38. The second kappa shape index (κ2) is 9.51. The first-order valence-corrected chi connectivity index (χ1v) is 12.0. The van der Waals surface area contributed by atoms with Crippen LogP contribution in [-0.4, -0.2) is 33.7 Å². The number of sulfonamides is 1. The maximum Gasteiger partial charge on any atom is 0.251 e. The summed E-state index contributed by atoms with van der Waals surface area (Å²) in [6, 6.07) is 14.4. The van der Waals surface area contributed by atoms with Crippen molar-refractivity contribution in [1.29, 1.82) is 0 Å². The van der Waals surface area contributed by atoms with Gasteiger partial charge in [0.1, 0.15) is 5.75 Å². The third kappa shape index (κ3) is 5.33. The number of benzene rings is 2. The third-order valence-electron chi connectivity index (χ3n) is 5.28. The average Bonchev–Trinajstić information content (AvgIpc) is 2.72. The number of rotatable bonds is 7. The van der Waals surface area contributed by atoms with Crippen molar-refractivity contribution in [3.63, 3.8) is 0 Å². The summed E-state index contributed by atoms with van der Waals surface area (Å²) in [5.74, 6) is 1.09. The van der Waals surface area contributed by atoms with Gasteiger partial charge in [-0.1, -0.05) is 32.0 Å². The molecule has 3 rings (SSSR count). The zero-order chi connectivity index (χ0) is 21.7. The first-order valence-electron chi connectivity index (χ1n) is 10.4. The molecule has 0 aromatic heterocycles. The molecule has 0 aliphatic carbocycles. The van der Waals surface area contributed by atoms with Crippen LogP contribution in [0.1, 0.15) is 55.1 Å². The van der Waals surface area contributed by atoms with E-state index in [9.17, 15) is 13.2 Å². The minimum atomic E-state index is -3.32. The number of carbonyl (C=O) groups excluding carboxylic acids is 1. The number of methoxy groups -OCH3 is 1. The Hall–Kier alpha value is -2.54. The zero-order valence-electron chi connectivity index (χ0n) is 17.8. The normalized spacial score (nSPS) is 16.9. The molecule has 1 amide bonds. The molecule has 1 saturated heterocycles. The largest absolute Gasteiger partial charge is 0.497 e. The first-order chi connectivity index (χ1) is 14.3. The van der Waals surface area contributed by atoms with Crippen LogP contribution in [0.4, 0.5) is 5.69 Å². The van der Waals surface area contributed by atoms with E-state index in [1.807, 2.05) is 24.3 Å². The summed E-state index contributed by atoms with van der Waals surface area (Å²) >= 11 is 0. The summed E-state index contributed by atoms with van der Waals surface area (Å²) in [5.41, 5.74) is 2.01. The van der Waals surface area contributed by atoms with Crippen LogP contribution in [0.15, 0.2) is 48.5 Å². The summed E-state index contributed by atoms with van der Waals surface area (Å²) in [6.45, 7) is 4.68. The maximum atomic E-state index is 13.0. The second-order valence-corrected chi connectivity index (χ2v) is 10.1. The number of carbonyl (C=O) groups is 1. The molecule has 0 radical (unpaired) electrons. The monoisotopic (exact) mass is 430 g/mol. The number of hydrogen-bond donors (Lipinski definition) is 1. The number of amides is 1. The molecule has 1 N–H and O–H groups in total. The van der Waals surface area contributed by atoms with Crippen molar-refractivity contribution >= 4 is 21.6 Å². The Balaban J connectivity index is 1.81. The SMILES string of the molecule is COc1ccc(C(CC(C)C)NC(=O)c2cccc(N3CCCCS3(=O)=O)c2)cc1. The molecule has 0 bridgehead atoms. The first kappa shape index (κ1) is 22.2. The van der Waals surface area contributed by atoms with E-state index < -0.39 is 10.0 Å². The lowest BCUT2D eigenvalue weighted by molar-refractivity contribution is 0.0932. The van der Waals surface area contributed by atoms with E-state index in [0.717, 1.165) is 24.2 Å². The van der Waals surface area contributed by atoms with Crippen molar-refractivity contribution in [3.05, 3.63) is 59.7 Å². The van der Waals surface area contributed by atoms with Gasteiger partial charge in [0.25, 0.3) is 5.91 Å². The topological polar surface area (TPSA) is 75.7 Å². The van der Waals surface area contributed by atoms with Crippen LogP contribution in [-0.2, 0) is 10.0 Å². The predicted octanol–water partition coefficient (Wildman–Crippen LogP) is 4.14. The molecule has 2 aromatic rings. The van der Waals surface area contributed by atoms with Gasteiger partial charge in [-0.3, -0.25) is 9.10 Å². The molecule has 1 fully saturated rings. The lowest BCUT2D eigenvalue weighted by atomic mass is 9.96. The zero-order valence-corrected chi connectivity index (χ0v) is 18.6. The maximum absolute atomic E-state index is 13.0. The molecule has 1 atom stereocenters. The fourth-order valence-electron chi connectivity index (χ4n) is 3.71. The van der Waals surface area contributed by atoms with Crippen LogP contribution in [0.2, 0.25) is 0 Å². The van der Waals surface area contributed by atoms with Crippen molar-refractivity contribution in [2.24, 2.45) is 5.92 Å². The van der Waals surface area contributed by atoms with Crippen LogP contribution >= 0.6 is 0 Å². The van der Waals surface area contributed by atoms with Crippen LogP contribution in [0.25, 0.3) is 0 Å². The molecule has 7 heteroatoms. The molecule has 162 valence electrons. The Kier molecular flexibility index (Phi) is 7.02. The van der Waals surface area contributed by atoms with Crippen LogP contribution in [0.3, 0.4) is 0 Å². The number of ether oxygens (including phenoxy) is 1. The van der Waals surface area contributed by atoms with Gasteiger partial charge in [0, 0.05) is 12.1 Å². The van der Waals surface area contributed by atoms with Crippen LogP contribution in [0.5, 0.6) is 5.75 Å².